The fraction of sp³-hybridized carbons (Fsp3) is 0.389. The van der Waals surface area contributed by atoms with Gasteiger partial charge in [-0.3, -0.25) is 4.40 Å². The molecular weight excluding hydrogens is 286 g/mol. The molecule has 23 heavy (non-hydrogen) atoms. The van der Waals surface area contributed by atoms with E-state index in [-0.39, 0.29) is 0 Å². The second-order valence-corrected chi connectivity index (χ2v) is 6.05. The van der Waals surface area contributed by atoms with Crippen LogP contribution in [0.15, 0.2) is 24.3 Å². The Morgan fingerprint density at radius 3 is 2.48 bits per heavy atom. The van der Waals surface area contributed by atoms with Crippen LogP contribution in [0.4, 0.5) is 0 Å². The Morgan fingerprint density at radius 2 is 1.78 bits per heavy atom. The van der Waals surface area contributed by atoms with E-state index in [4.69, 9.17) is 10.7 Å². The average molecular weight is 309 g/mol. The smallest absolute Gasteiger partial charge is 0.167 e. The lowest BCUT2D eigenvalue weighted by Gasteiger charge is -2.11. The number of aryl methyl sites for hydroxylation is 4. The average Bonchev–Trinajstić information content (AvgIpc) is 2.95. The molecule has 2 heterocycles. The number of nitrogens with two attached hydrogens (primary N) is 1. The Kier molecular flexibility index (Phi) is 4.39. The van der Waals surface area contributed by atoms with Crippen LogP contribution in [0.25, 0.3) is 5.65 Å². The summed E-state index contributed by atoms with van der Waals surface area (Å²) in [5.74, 6) is 1.88. The third-order valence-electron chi connectivity index (χ3n) is 4.20. The summed E-state index contributed by atoms with van der Waals surface area (Å²) in [6, 6.07) is 8.60. The summed E-state index contributed by atoms with van der Waals surface area (Å²) in [7, 11) is 0. The van der Waals surface area contributed by atoms with Gasteiger partial charge in [0, 0.05) is 24.1 Å². The molecule has 120 valence electrons. The van der Waals surface area contributed by atoms with E-state index in [1.165, 1.54) is 11.1 Å². The Bertz CT molecular complexity index is 818. The van der Waals surface area contributed by atoms with E-state index in [0.717, 1.165) is 47.8 Å². The van der Waals surface area contributed by atoms with Crippen molar-refractivity contribution in [2.45, 2.75) is 40.0 Å². The number of benzene rings is 1. The Morgan fingerprint density at radius 1 is 1.04 bits per heavy atom. The lowest BCUT2D eigenvalue weighted by atomic mass is 10.0. The van der Waals surface area contributed by atoms with Crippen LogP contribution in [-0.2, 0) is 12.8 Å². The highest BCUT2D eigenvalue weighted by molar-refractivity contribution is 5.52. The monoisotopic (exact) mass is 309 g/mol. The van der Waals surface area contributed by atoms with Crippen LogP contribution in [0.5, 0.6) is 0 Å². The van der Waals surface area contributed by atoms with Crippen molar-refractivity contribution in [1.82, 2.24) is 19.6 Å². The topological polar surface area (TPSA) is 69.1 Å². The number of aromatic nitrogens is 4. The molecule has 0 aliphatic rings. The van der Waals surface area contributed by atoms with Gasteiger partial charge in [0.2, 0.25) is 0 Å². The molecule has 0 spiro atoms. The largest absolute Gasteiger partial charge is 0.330 e. The maximum absolute atomic E-state index is 5.62. The van der Waals surface area contributed by atoms with E-state index >= 15 is 0 Å². The molecular formula is C18H23N5. The minimum atomic E-state index is 0.656. The maximum atomic E-state index is 5.62. The minimum Gasteiger partial charge on any atom is -0.330 e. The second-order valence-electron chi connectivity index (χ2n) is 6.05. The summed E-state index contributed by atoms with van der Waals surface area (Å²) in [4.78, 5) is 4.71. The van der Waals surface area contributed by atoms with E-state index in [9.17, 15) is 0 Å². The SMILES string of the molecule is Cc1ccc(Cc2c(C)nc(C)n3c(CCCN)nnc23)cc1. The number of fused-ring (bicyclic) bond motifs is 1. The normalized spacial score (nSPS) is 11.3. The van der Waals surface area contributed by atoms with Gasteiger partial charge in [-0.25, -0.2) is 4.98 Å². The zero-order valence-corrected chi connectivity index (χ0v) is 14.0. The van der Waals surface area contributed by atoms with Crippen molar-refractivity contribution >= 4 is 5.65 Å². The molecule has 0 aliphatic heterocycles. The van der Waals surface area contributed by atoms with E-state index in [1.807, 2.05) is 13.8 Å². The molecule has 0 aliphatic carbocycles. The first-order valence-electron chi connectivity index (χ1n) is 8.06. The highest BCUT2D eigenvalue weighted by Gasteiger charge is 2.15. The van der Waals surface area contributed by atoms with Gasteiger partial charge in [-0.1, -0.05) is 29.8 Å². The molecule has 0 atom stereocenters. The summed E-state index contributed by atoms with van der Waals surface area (Å²) in [6.45, 7) is 6.81. The van der Waals surface area contributed by atoms with Crippen LogP contribution in [0.1, 0.15) is 40.5 Å². The summed E-state index contributed by atoms with van der Waals surface area (Å²) in [5, 5.41) is 8.81. The highest BCUT2D eigenvalue weighted by atomic mass is 15.3. The maximum Gasteiger partial charge on any atom is 0.167 e. The van der Waals surface area contributed by atoms with Gasteiger partial charge in [0.1, 0.15) is 11.6 Å². The molecule has 0 unspecified atom stereocenters. The highest BCUT2D eigenvalue weighted by Crippen LogP contribution is 2.20. The summed E-state index contributed by atoms with van der Waals surface area (Å²) in [6.07, 6.45) is 2.55. The Balaban J connectivity index is 2.05. The molecule has 0 saturated heterocycles. The first kappa shape index (κ1) is 15.6. The molecule has 0 fully saturated rings. The van der Waals surface area contributed by atoms with Gasteiger partial charge in [0.05, 0.1) is 0 Å². The Labute approximate surface area is 136 Å². The van der Waals surface area contributed by atoms with Crippen LogP contribution < -0.4 is 5.73 Å². The number of rotatable bonds is 5. The van der Waals surface area contributed by atoms with Crippen molar-refractivity contribution in [2.24, 2.45) is 5.73 Å². The summed E-state index contributed by atoms with van der Waals surface area (Å²) in [5.41, 5.74) is 11.2. The van der Waals surface area contributed by atoms with E-state index in [2.05, 4.69) is 45.8 Å². The molecule has 2 N–H and O–H groups in total. The molecule has 5 nitrogen and oxygen atoms in total. The zero-order chi connectivity index (χ0) is 16.4. The van der Waals surface area contributed by atoms with Gasteiger partial charge in [0.15, 0.2) is 5.65 Å². The van der Waals surface area contributed by atoms with Gasteiger partial charge >= 0.3 is 0 Å². The summed E-state index contributed by atoms with van der Waals surface area (Å²) >= 11 is 0. The van der Waals surface area contributed by atoms with Crippen molar-refractivity contribution in [3.8, 4) is 0 Å². The van der Waals surface area contributed by atoms with Crippen LogP contribution in [0, 0.1) is 20.8 Å². The minimum absolute atomic E-state index is 0.656. The first-order chi connectivity index (χ1) is 11.1. The van der Waals surface area contributed by atoms with Crippen molar-refractivity contribution in [1.29, 1.82) is 0 Å². The van der Waals surface area contributed by atoms with E-state index in [1.54, 1.807) is 0 Å². The zero-order valence-electron chi connectivity index (χ0n) is 14.0. The standard InChI is InChI=1S/C18H23N5/c1-12-6-8-15(9-7-12)11-16-13(2)20-14(3)23-17(5-4-10-19)21-22-18(16)23/h6-9H,4-5,10-11,19H2,1-3H3. The van der Waals surface area contributed by atoms with Crippen LogP contribution in [0.2, 0.25) is 0 Å². The molecule has 0 saturated carbocycles. The predicted octanol–water partition coefficient (Wildman–Crippen LogP) is 2.53. The number of hydrogen-bond acceptors (Lipinski definition) is 4. The lowest BCUT2D eigenvalue weighted by Crippen LogP contribution is -2.08. The Hall–Kier alpha value is -2.27. The second kappa shape index (κ2) is 6.46. The van der Waals surface area contributed by atoms with Crippen molar-refractivity contribution in [2.75, 3.05) is 6.54 Å². The van der Waals surface area contributed by atoms with Gasteiger partial charge in [-0.05, 0) is 39.3 Å². The molecule has 0 radical (unpaired) electrons. The number of hydrogen-bond donors (Lipinski definition) is 1. The third-order valence-corrected chi connectivity index (χ3v) is 4.20. The lowest BCUT2D eigenvalue weighted by molar-refractivity contribution is 0.756. The van der Waals surface area contributed by atoms with Crippen LogP contribution in [0.3, 0.4) is 0 Å². The van der Waals surface area contributed by atoms with Crippen molar-refractivity contribution in [3.05, 3.63) is 58.3 Å². The molecule has 5 heteroatoms. The molecule has 0 bridgehead atoms. The number of nitrogens with zero attached hydrogens (tertiary/aromatic N) is 4. The van der Waals surface area contributed by atoms with E-state index < -0.39 is 0 Å². The summed E-state index contributed by atoms with van der Waals surface area (Å²) < 4.78 is 2.08. The molecule has 0 amide bonds. The molecule has 2 aromatic heterocycles. The van der Waals surface area contributed by atoms with Gasteiger partial charge in [-0.2, -0.15) is 0 Å². The molecule has 1 aromatic carbocycles. The fourth-order valence-corrected chi connectivity index (χ4v) is 2.91. The van der Waals surface area contributed by atoms with Crippen LogP contribution >= 0.6 is 0 Å². The van der Waals surface area contributed by atoms with Crippen molar-refractivity contribution in [3.63, 3.8) is 0 Å². The molecule has 3 aromatic rings. The van der Waals surface area contributed by atoms with Gasteiger partial charge < -0.3 is 5.73 Å². The van der Waals surface area contributed by atoms with E-state index in [0.29, 0.717) is 6.54 Å². The molecule has 3 rings (SSSR count). The van der Waals surface area contributed by atoms with Gasteiger partial charge in [0.25, 0.3) is 0 Å². The van der Waals surface area contributed by atoms with Crippen molar-refractivity contribution < 1.29 is 0 Å². The fourth-order valence-electron chi connectivity index (χ4n) is 2.91. The third kappa shape index (κ3) is 3.10. The predicted molar refractivity (Wildman–Crippen MR) is 91.6 cm³/mol. The van der Waals surface area contributed by atoms with Gasteiger partial charge in [-0.15, -0.1) is 10.2 Å². The van der Waals surface area contributed by atoms with Crippen LogP contribution in [-0.4, -0.2) is 26.1 Å². The first-order valence-corrected chi connectivity index (χ1v) is 8.06. The quantitative estimate of drug-likeness (QED) is 0.786.